The molecule has 3 rings (SSSR count). The van der Waals surface area contributed by atoms with E-state index in [1.54, 1.807) is 30.0 Å². The molecule has 0 bridgehead atoms. The van der Waals surface area contributed by atoms with Gasteiger partial charge in [-0.25, -0.2) is 0 Å². The minimum atomic E-state index is -0.0971. The van der Waals surface area contributed by atoms with E-state index in [9.17, 15) is 9.59 Å². The van der Waals surface area contributed by atoms with Gasteiger partial charge in [-0.15, -0.1) is 0 Å². The van der Waals surface area contributed by atoms with Gasteiger partial charge in [-0.1, -0.05) is 54.9 Å². The van der Waals surface area contributed by atoms with Crippen molar-refractivity contribution in [3.05, 3.63) is 70.8 Å². The van der Waals surface area contributed by atoms with Crippen molar-refractivity contribution >= 4 is 28.9 Å². The monoisotopic (exact) mass is 383 g/mol. The average molecular weight is 384 g/mol. The lowest BCUT2D eigenvalue weighted by molar-refractivity contribution is -0.132. The summed E-state index contributed by atoms with van der Waals surface area (Å²) in [4.78, 5) is 26.3. The Balaban J connectivity index is 1.61. The second kappa shape index (κ2) is 8.87. The molecule has 0 N–H and O–H groups in total. The summed E-state index contributed by atoms with van der Waals surface area (Å²) in [7, 11) is 0. The molecule has 0 saturated carbocycles. The SMILES string of the molecule is CCC(=O)c1cc(Cl)ccc1OCC(=O)N1CC=C(c2ccccc2)CC1. The molecule has 0 aliphatic carbocycles. The lowest BCUT2D eigenvalue weighted by Gasteiger charge is -2.26. The fourth-order valence-electron chi connectivity index (χ4n) is 3.08. The molecule has 0 radical (unpaired) electrons. The molecule has 0 atom stereocenters. The van der Waals surface area contributed by atoms with Gasteiger partial charge in [-0.2, -0.15) is 0 Å². The maximum Gasteiger partial charge on any atom is 0.260 e. The van der Waals surface area contributed by atoms with Gasteiger partial charge in [0, 0.05) is 24.5 Å². The van der Waals surface area contributed by atoms with Gasteiger partial charge in [0.15, 0.2) is 12.4 Å². The molecule has 1 amide bonds. The van der Waals surface area contributed by atoms with E-state index in [0.717, 1.165) is 6.42 Å². The highest BCUT2D eigenvalue weighted by Crippen LogP contribution is 2.25. The smallest absolute Gasteiger partial charge is 0.260 e. The number of ether oxygens (including phenoxy) is 1. The number of amides is 1. The largest absolute Gasteiger partial charge is 0.483 e. The summed E-state index contributed by atoms with van der Waals surface area (Å²) in [6, 6.07) is 15.1. The molecule has 4 nitrogen and oxygen atoms in total. The van der Waals surface area contributed by atoms with Crippen LogP contribution in [0.5, 0.6) is 5.75 Å². The molecule has 0 saturated heterocycles. The second-order valence-corrected chi connectivity index (χ2v) is 6.83. The standard InChI is InChI=1S/C22H22ClNO3/c1-2-20(25)19-14-18(23)8-9-21(19)27-15-22(26)24-12-10-17(11-13-24)16-6-4-3-5-7-16/h3-10,14H,2,11-13,15H2,1H3. The Morgan fingerprint density at radius 3 is 2.59 bits per heavy atom. The number of ketones is 1. The molecule has 1 aliphatic rings. The van der Waals surface area contributed by atoms with Crippen molar-refractivity contribution in [1.29, 1.82) is 0 Å². The van der Waals surface area contributed by atoms with Crippen LogP contribution in [0.25, 0.3) is 5.57 Å². The molecule has 0 spiro atoms. The lowest BCUT2D eigenvalue weighted by atomic mass is 10.00. The minimum Gasteiger partial charge on any atom is -0.483 e. The highest BCUT2D eigenvalue weighted by Gasteiger charge is 2.19. The van der Waals surface area contributed by atoms with Crippen LogP contribution < -0.4 is 4.74 Å². The molecule has 0 aromatic heterocycles. The van der Waals surface area contributed by atoms with E-state index in [4.69, 9.17) is 16.3 Å². The van der Waals surface area contributed by atoms with Gasteiger partial charge in [0.05, 0.1) is 5.56 Å². The minimum absolute atomic E-state index is 0.0617. The van der Waals surface area contributed by atoms with E-state index in [1.165, 1.54) is 11.1 Å². The third-order valence-electron chi connectivity index (χ3n) is 4.62. The molecule has 1 heterocycles. The van der Waals surface area contributed by atoms with Gasteiger partial charge in [-0.3, -0.25) is 9.59 Å². The van der Waals surface area contributed by atoms with E-state index in [0.29, 0.717) is 35.8 Å². The number of hydrogen-bond acceptors (Lipinski definition) is 3. The van der Waals surface area contributed by atoms with E-state index < -0.39 is 0 Å². The second-order valence-electron chi connectivity index (χ2n) is 6.39. The van der Waals surface area contributed by atoms with Crippen molar-refractivity contribution < 1.29 is 14.3 Å². The van der Waals surface area contributed by atoms with Crippen LogP contribution in [0.3, 0.4) is 0 Å². The maximum absolute atomic E-state index is 12.5. The van der Waals surface area contributed by atoms with Crippen molar-refractivity contribution in [2.45, 2.75) is 19.8 Å². The summed E-state index contributed by atoms with van der Waals surface area (Å²) in [6.45, 7) is 2.90. The van der Waals surface area contributed by atoms with Crippen molar-refractivity contribution in [3.8, 4) is 5.75 Å². The zero-order valence-electron chi connectivity index (χ0n) is 15.3. The fourth-order valence-corrected chi connectivity index (χ4v) is 3.25. The maximum atomic E-state index is 12.5. The topological polar surface area (TPSA) is 46.6 Å². The Hall–Kier alpha value is -2.59. The first-order valence-electron chi connectivity index (χ1n) is 9.06. The number of carbonyl (C=O) groups is 2. The van der Waals surface area contributed by atoms with E-state index in [-0.39, 0.29) is 18.3 Å². The number of rotatable bonds is 6. The zero-order chi connectivity index (χ0) is 19.2. The van der Waals surface area contributed by atoms with Gasteiger partial charge in [0.1, 0.15) is 5.75 Å². The van der Waals surface area contributed by atoms with Gasteiger partial charge in [-0.05, 0) is 35.8 Å². The molecule has 2 aromatic carbocycles. The summed E-state index contributed by atoms with van der Waals surface area (Å²) in [6.07, 6.45) is 3.26. The third kappa shape index (κ3) is 4.77. The van der Waals surface area contributed by atoms with Crippen LogP contribution in [0.1, 0.15) is 35.7 Å². The van der Waals surface area contributed by atoms with E-state index in [1.807, 2.05) is 18.2 Å². The normalized spacial score (nSPS) is 13.9. The summed E-state index contributed by atoms with van der Waals surface area (Å²) < 4.78 is 5.65. The van der Waals surface area contributed by atoms with E-state index in [2.05, 4.69) is 18.2 Å². The van der Waals surface area contributed by atoms with Crippen molar-refractivity contribution in [1.82, 2.24) is 4.90 Å². The van der Waals surface area contributed by atoms with Crippen LogP contribution in [0, 0.1) is 0 Å². The van der Waals surface area contributed by atoms with Gasteiger partial charge in [0.2, 0.25) is 0 Å². The lowest BCUT2D eigenvalue weighted by Crippen LogP contribution is -2.38. The first-order valence-corrected chi connectivity index (χ1v) is 9.44. The quantitative estimate of drug-likeness (QED) is 0.683. The fraction of sp³-hybridized carbons (Fsp3) is 0.273. The predicted molar refractivity (Wildman–Crippen MR) is 107 cm³/mol. The Morgan fingerprint density at radius 2 is 1.93 bits per heavy atom. The Morgan fingerprint density at radius 1 is 1.15 bits per heavy atom. The van der Waals surface area contributed by atoms with Gasteiger partial charge >= 0.3 is 0 Å². The number of nitrogens with zero attached hydrogens (tertiary/aromatic N) is 1. The first-order chi connectivity index (χ1) is 13.1. The van der Waals surface area contributed by atoms with Gasteiger partial charge < -0.3 is 9.64 Å². The summed E-state index contributed by atoms with van der Waals surface area (Å²) >= 11 is 5.98. The zero-order valence-corrected chi connectivity index (χ0v) is 16.0. The predicted octanol–water partition coefficient (Wildman–Crippen LogP) is 4.63. The number of Topliss-reactive ketones (excluding diaryl/α,β-unsaturated/α-hetero) is 1. The summed E-state index contributed by atoms with van der Waals surface area (Å²) in [5.74, 6) is 0.244. The molecule has 0 fully saturated rings. The summed E-state index contributed by atoms with van der Waals surface area (Å²) in [5.41, 5.74) is 2.88. The third-order valence-corrected chi connectivity index (χ3v) is 4.86. The van der Waals surface area contributed by atoms with E-state index >= 15 is 0 Å². The van der Waals surface area contributed by atoms with Gasteiger partial charge in [0.25, 0.3) is 5.91 Å². The number of hydrogen-bond donors (Lipinski definition) is 0. The number of carbonyl (C=O) groups excluding carboxylic acids is 2. The van der Waals surface area contributed by atoms with Crippen LogP contribution in [-0.4, -0.2) is 36.3 Å². The van der Waals surface area contributed by atoms with Crippen molar-refractivity contribution in [2.75, 3.05) is 19.7 Å². The molecule has 5 heteroatoms. The van der Waals surface area contributed by atoms with Crippen LogP contribution >= 0.6 is 11.6 Å². The Labute approximate surface area is 164 Å². The molecule has 0 unspecified atom stereocenters. The van der Waals surface area contributed by atoms with Crippen LogP contribution in [0.4, 0.5) is 0 Å². The van der Waals surface area contributed by atoms with Crippen molar-refractivity contribution in [3.63, 3.8) is 0 Å². The Bertz CT molecular complexity index is 861. The molecule has 2 aromatic rings. The highest BCUT2D eigenvalue weighted by molar-refractivity contribution is 6.31. The molecule has 140 valence electrons. The van der Waals surface area contributed by atoms with Crippen LogP contribution in [-0.2, 0) is 4.79 Å². The van der Waals surface area contributed by atoms with Crippen LogP contribution in [0.15, 0.2) is 54.6 Å². The highest BCUT2D eigenvalue weighted by atomic mass is 35.5. The summed E-state index contributed by atoms with van der Waals surface area (Å²) in [5, 5.41) is 0.472. The first kappa shape index (κ1) is 19.2. The number of benzene rings is 2. The average Bonchev–Trinajstić information content (AvgIpc) is 2.72. The molecule has 1 aliphatic heterocycles. The van der Waals surface area contributed by atoms with Crippen molar-refractivity contribution in [2.24, 2.45) is 0 Å². The molecular formula is C22H22ClNO3. The van der Waals surface area contributed by atoms with Crippen LogP contribution in [0.2, 0.25) is 5.02 Å². The molecule has 27 heavy (non-hydrogen) atoms. The Kier molecular flexibility index (Phi) is 6.30. The number of halogens is 1. The molecular weight excluding hydrogens is 362 g/mol.